The quantitative estimate of drug-likeness (QED) is 0.690. The largest absolute Gasteiger partial charge is 0.313 e. The molecule has 0 bridgehead atoms. The van der Waals surface area contributed by atoms with Crippen LogP contribution >= 0.6 is 0 Å². The molecule has 0 atom stereocenters. The lowest BCUT2D eigenvalue weighted by atomic mass is 9.96. The van der Waals surface area contributed by atoms with Crippen molar-refractivity contribution < 1.29 is 0 Å². The summed E-state index contributed by atoms with van der Waals surface area (Å²) in [5.41, 5.74) is 4.66. The van der Waals surface area contributed by atoms with Crippen LogP contribution in [0.2, 0.25) is 0 Å². The molecule has 1 N–H and O–H groups in total. The van der Waals surface area contributed by atoms with Crippen LogP contribution in [-0.4, -0.2) is 6.54 Å². The molecule has 70 valence electrons. The molecular weight excluding hydrogens is 158 g/mol. The maximum absolute atomic E-state index is 3.45. The molecular formula is C12H17N. The number of benzene rings is 1. The standard InChI is InChI=1S/C12H17N/c1-2-10-5-3-6-11-9-13-8-4-7-12(10)11/h3,5-6,13H,2,4,7-9H2,1H3. The lowest BCUT2D eigenvalue weighted by Gasteiger charge is -2.09. The second-order valence-electron chi connectivity index (χ2n) is 3.69. The molecule has 1 aliphatic rings. The zero-order valence-electron chi connectivity index (χ0n) is 8.27. The van der Waals surface area contributed by atoms with Gasteiger partial charge >= 0.3 is 0 Å². The number of fused-ring (bicyclic) bond motifs is 1. The first-order valence-electron chi connectivity index (χ1n) is 5.22. The Kier molecular flexibility index (Phi) is 2.65. The van der Waals surface area contributed by atoms with E-state index in [2.05, 4.69) is 30.4 Å². The van der Waals surface area contributed by atoms with Crippen molar-refractivity contribution in [2.24, 2.45) is 0 Å². The third-order valence-corrected chi connectivity index (χ3v) is 2.85. The average Bonchev–Trinajstić information content (AvgIpc) is 2.41. The molecule has 1 heterocycles. The zero-order chi connectivity index (χ0) is 9.10. The van der Waals surface area contributed by atoms with Gasteiger partial charge in [0.1, 0.15) is 0 Å². The molecule has 0 amide bonds. The van der Waals surface area contributed by atoms with Gasteiger partial charge in [0.2, 0.25) is 0 Å². The Morgan fingerprint density at radius 3 is 3.15 bits per heavy atom. The van der Waals surface area contributed by atoms with Gasteiger partial charge in [0.05, 0.1) is 0 Å². The molecule has 1 heteroatoms. The van der Waals surface area contributed by atoms with Crippen molar-refractivity contribution in [3.05, 3.63) is 34.9 Å². The second kappa shape index (κ2) is 3.93. The van der Waals surface area contributed by atoms with Crippen LogP contribution in [0.3, 0.4) is 0 Å². The van der Waals surface area contributed by atoms with Crippen molar-refractivity contribution >= 4 is 0 Å². The molecule has 1 nitrogen and oxygen atoms in total. The number of rotatable bonds is 1. The highest BCUT2D eigenvalue weighted by Crippen LogP contribution is 2.19. The molecule has 0 unspecified atom stereocenters. The van der Waals surface area contributed by atoms with Crippen molar-refractivity contribution in [1.82, 2.24) is 5.32 Å². The Morgan fingerprint density at radius 1 is 1.38 bits per heavy atom. The van der Waals surface area contributed by atoms with E-state index in [1.807, 2.05) is 0 Å². The Hall–Kier alpha value is -0.820. The zero-order valence-corrected chi connectivity index (χ0v) is 8.27. The molecule has 0 radical (unpaired) electrons. The summed E-state index contributed by atoms with van der Waals surface area (Å²) in [7, 11) is 0. The fraction of sp³-hybridized carbons (Fsp3) is 0.500. The third kappa shape index (κ3) is 1.75. The Morgan fingerprint density at radius 2 is 2.31 bits per heavy atom. The molecule has 1 aromatic carbocycles. The fourth-order valence-electron chi connectivity index (χ4n) is 2.12. The van der Waals surface area contributed by atoms with E-state index in [4.69, 9.17) is 0 Å². The number of nitrogens with one attached hydrogen (secondary N) is 1. The third-order valence-electron chi connectivity index (χ3n) is 2.85. The summed E-state index contributed by atoms with van der Waals surface area (Å²) in [6, 6.07) is 6.71. The lowest BCUT2D eigenvalue weighted by Crippen LogP contribution is -2.11. The van der Waals surface area contributed by atoms with E-state index in [9.17, 15) is 0 Å². The van der Waals surface area contributed by atoms with Gasteiger partial charge in [-0.15, -0.1) is 0 Å². The van der Waals surface area contributed by atoms with Gasteiger partial charge in [-0.3, -0.25) is 0 Å². The molecule has 13 heavy (non-hydrogen) atoms. The molecule has 1 aliphatic heterocycles. The van der Waals surface area contributed by atoms with E-state index in [0.717, 1.165) is 13.1 Å². The van der Waals surface area contributed by atoms with Gasteiger partial charge in [0.15, 0.2) is 0 Å². The first-order chi connectivity index (χ1) is 6.42. The van der Waals surface area contributed by atoms with Gasteiger partial charge in [-0.2, -0.15) is 0 Å². The molecule has 2 rings (SSSR count). The SMILES string of the molecule is CCc1cccc2c1CCCNC2. The van der Waals surface area contributed by atoms with Crippen molar-refractivity contribution in [1.29, 1.82) is 0 Å². The van der Waals surface area contributed by atoms with E-state index in [1.54, 1.807) is 11.1 Å². The van der Waals surface area contributed by atoms with Crippen LogP contribution in [0.15, 0.2) is 18.2 Å². The summed E-state index contributed by atoms with van der Waals surface area (Å²) in [5, 5.41) is 3.45. The van der Waals surface area contributed by atoms with E-state index in [0.29, 0.717) is 0 Å². The molecule has 0 spiro atoms. The van der Waals surface area contributed by atoms with E-state index < -0.39 is 0 Å². The van der Waals surface area contributed by atoms with Crippen molar-refractivity contribution in [2.45, 2.75) is 32.7 Å². The van der Waals surface area contributed by atoms with E-state index in [1.165, 1.54) is 24.8 Å². The highest BCUT2D eigenvalue weighted by Gasteiger charge is 2.09. The van der Waals surface area contributed by atoms with Crippen LogP contribution in [-0.2, 0) is 19.4 Å². The maximum Gasteiger partial charge on any atom is 0.0208 e. The van der Waals surface area contributed by atoms with Crippen LogP contribution in [0.4, 0.5) is 0 Å². The van der Waals surface area contributed by atoms with Crippen LogP contribution < -0.4 is 5.32 Å². The highest BCUT2D eigenvalue weighted by atomic mass is 14.8. The van der Waals surface area contributed by atoms with Crippen molar-refractivity contribution in [3.8, 4) is 0 Å². The van der Waals surface area contributed by atoms with Gasteiger partial charge in [-0.05, 0) is 42.5 Å². The first kappa shape index (κ1) is 8.76. The molecule has 0 saturated carbocycles. The summed E-state index contributed by atoms with van der Waals surface area (Å²) in [6.45, 7) is 4.47. The van der Waals surface area contributed by atoms with Gasteiger partial charge in [-0.1, -0.05) is 25.1 Å². The van der Waals surface area contributed by atoms with Gasteiger partial charge in [-0.25, -0.2) is 0 Å². The van der Waals surface area contributed by atoms with Gasteiger partial charge in [0, 0.05) is 6.54 Å². The monoisotopic (exact) mass is 175 g/mol. The molecule has 0 fully saturated rings. The van der Waals surface area contributed by atoms with Crippen LogP contribution in [0, 0.1) is 0 Å². The van der Waals surface area contributed by atoms with Crippen molar-refractivity contribution in [2.75, 3.05) is 6.54 Å². The topological polar surface area (TPSA) is 12.0 Å². The molecule has 0 saturated heterocycles. The summed E-state index contributed by atoms with van der Waals surface area (Å²) in [6.07, 6.45) is 3.71. The van der Waals surface area contributed by atoms with Gasteiger partial charge < -0.3 is 5.32 Å². The normalized spacial score (nSPS) is 16.4. The molecule has 0 aromatic heterocycles. The predicted molar refractivity (Wildman–Crippen MR) is 55.8 cm³/mol. The summed E-state index contributed by atoms with van der Waals surface area (Å²) in [5.74, 6) is 0. The van der Waals surface area contributed by atoms with Gasteiger partial charge in [0.25, 0.3) is 0 Å². The van der Waals surface area contributed by atoms with Crippen LogP contribution in [0.1, 0.15) is 30.0 Å². The average molecular weight is 175 g/mol. The van der Waals surface area contributed by atoms with Crippen LogP contribution in [0.5, 0.6) is 0 Å². The fourth-order valence-corrected chi connectivity index (χ4v) is 2.12. The minimum atomic E-state index is 1.06. The molecule has 1 aromatic rings. The first-order valence-corrected chi connectivity index (χ1v) is 5.22. The Labute approximate surface area is 80.2 Å². The Balaban J connectivity index is 2.40. The minimum absolute atomic E-state index is 1.06. The lowest BCUT2D eigenvalue weighted by molar-refractivity contribution is 0.680. The van der Waals surface area contributed by atoms with Crippen molar-refractivity contribution in [3.63, 3.8) is 0 Å². The van der Waals surface area contributed by atoms with E-state index in [-0.39, 0.29) is 0 Å². The predicted octanol–water partition coefficient (Wildman–Crippen LogP) is 2.28. The highest BCUT2D eigenvalue weighted by molar-refractivity contribution is 5.36. The summed E-state index contributed by atoms with van der Waals surface area (Å²) >= 11 is 0. The number of hydrogen-bond acceptors (Lipinski definition) is 1. The van der Waals surface area contributed by atoms with Crippen LogP contribution in [0.25, 0.3) is 0 Å². The second-order valence-corrected chi connectivity index (χ2v) is 3.69. The Bertz CT molecular complexity index is 291. The maximum atomic E-state index is 3.45. The number of aryl methyl sites for hydroxylation is 1. The summed E-state index contributed by atoms with van der Waals surface area (Å²) in [4.78, 5) is 0. The number of hydrogen-bond donors (Lipinski definition) is 1. The smallest absolute Gasteiger partial charge is 0.0208 e. The minimum Gasteiger partial charge on any atom is -0.313 e. The summed E-state index contributed by atoms with van der Waals surface area (Å²) < 4.78 is 0. The molecule has 0 aliphatic carbocycles. The van der Waals surface area contributed by atoms with E-state index >= 15 is 0 Å².